The molecule has 4 aromatic rings. The Balaban J connectivity index is 2.68. The van der Waals surface area contributed by atoms with Crippen LogP contribution in [0.1, 0.15) is 19.4 Å². The highest BCUT2D eigenvalue weighted by molar-refractivity contribution is 6.23. The first-order valence-corrected chi connectivity index (χ1v) is 11.4. The standard InChI is InChI=1S/C33H30N2/c1-11-18(5)27-19(6)21(8)30-29(25(27)13-15-34)23(10)33-32-26(14-16-35-33)28(24(12-2)17(3)4)20(7)22(9)31(30)32/h11-16,34H,1-3,6-9H2,4-5,10H3/b25-13-,27-18+,28-24+,34-15?. The lowest BCUT2D eigenvalue weighted by Crippen LogP contribution is -2.49. The Bertz CT molecular complexity index is 2060. The van der Waals surface area contributed by atoms with Crippen molar-refractivity contribution in [3.8, 4) is 0 Å². The molecule has 0 unspecified atom stereocenters. The van der Waals surface area contributed by atoms with Gasteiger partial charge in [0.05, 0.1) is 5.52 Å². The zero-order valence-corrected chi connectivity index (χ0v) is 20.9. The third kappa shape index (κ3) is 3.18. The van der Waals surface area contributed by atoms with Crippen LogP contribution < -0.4 is 36.5 Å². The zero-order chi connectivity index (χ0) is 25.8. The summed E-state index contributed by atoms with van der Waals surface area (Å²) < 4.78 is 0. The number of aryl methyl sites for hydroxylation is 1. The second-order valence-corrected chi connectivity index (χ2v) is 9.03. The number of aromatic nitrogens is 1. The zero-order valence-electron chi connectivity index (χ0n) is 20.9. The van der Waals surface area contributed by atoms with Crippen LogP contribution in [-0.4, -0.2) is 11.2 Å². The van der Waals surface area contributed by atoms with Crippen LogP contribution in [0.5, 0.6) is 0 Å². The number of fused-ring (bicyclic) bond motifs is 2. The maximum atomic E-state index is 7.90. The fourth-order valence-electron chi connectivity index (χ4n) is 5.36. The molecular formula is C33H30N2. The Morgan fingerprint density at radius 2 is 1.46 bits per heavy atom. The smallest absolute Gasteiger partial charge is 0.0750 e. The van der Waals surface area contributed by atoms with E-state index in [1.54, 1.807) is 0 Å². The molecule has 35 heavy (non-hydrogen) atoms. The molecule has 0 saturated carbocycles. The minimum atomic E-state index is 0.817. The third-order valence-electron chi connectivity index (χ3n) is 7.06. The fraction of sp³-hybridized carbons (Fsp3) is 0.0909. The van der Waals surface area contributed by atoms with Crippen LogP contribution in [0.3, 0.4) is 0 Å². The van der Waals surface area contributed by atoms with Gasteiger partial charge in [-0.25, -0.2) is 0 Å². The molecule has 0 fully saturated rings. The van der Waals surface area contributed by atoms with Gasteiger partial charge in [-0.05, 0) is 102 Å². The lowest BCUT2D eigenvalue weighted by Gasteiger charge is -2.17. The normalized spacial score (nSPS) is 13.9. The first-order chi connectivity index (χ1) is 16.6. The lowest BCUT2D eigenvalue weighted by molar-refractivity contribution is 1.37. The van der Waals surface area contributed by atoms with E-state index in [2.05, 4.69) is 53.0 Å². The first kappa shape index (κ1) is 23.8. The van der Waals surface area contributed by atoms with Crippen molar-refractivity contribution in [2.24, 2.45) is 0 Å². The van der Waals surface area contributed by atoms with Crippen molar-refractivity contribution in [3.63, 3.8) is 0 Å². The van der Waals surface area contributed by atoms with Gasteiger partial charge >= 0.3 is 0 Å². The molecule has 0 radical (unpaired) electrons. The molecule has 0 atom stereocenters. The monoisotopic (exact) mass is 454 g/mol. The largest absolute Gasteiger partial charge is 0.309 e. The number of rotatable bonds is 4. The van der Waals surface area contributed by atoms with E-state index < -0.39 is 0 Å². The molecule has 2 heteroatoms. The number of benzene rings is 3. The van der Waals surface area contributed by atoms with Crippen LogP contribution in [0, 0.1) is 12.3 Å². The van der Waals surface area contributed by atoms with Gasteiger partial charge in [0.15, 0.2) is 0 Å². The van der Waals surface area contributed by atoms with Gasteiger partial charge < -0.3 is 5.41 Å². The second kappa shape index (κ2) is 8.48. The van der Waals surface area contributed by atoms with Crippen LogP contribution in [0.15, 0.2) is 49.7 Å². The summed E-state index contributed by atoms with van der Waals surface area (Å²) in [6.07, 6.45) is 8.62. The fourth-order valence-corrected chi connectivity index (χ4v) is 5.36. The summed E-state index contributed by atoms with van der Waals surface area (Å²) in [6, 6.07) is 2.03. The van der Waals surface area contributed by atoms with E-state index in [-0.39, 0.29) is 0 Å². The Hall–Kier alpha value is -4.30. The van der Waals surface area contributed by atoms with Gasteiger partial charge in [0.25, 0.3) is 0 Å². The van der Waals surface area contributed by atoms with Gasteiger partial charge in [-0.3, -0.25) is 4.98 Å². The topological polar surface area (TPSA) is 36.7 Å². The Kier molecular flexibility index (Phi) is 5.78. The lowest BCUT2D eigenvalue weighted by atomic mass is 9.87. The van der Waals surface area contributed by atoms with Crippen molar-refractivity contribution in [1.82, 2.24) is 4.98 Å². The van der Waals surface area contributed by atoms with Crippen molar-refractivity contribution in [2.75, 3.05) is 0 Å². The molecule has 2 nitrogen and oxygen atoms in total. The van der Waals surface area contributed by atoms with Crippen LogP contribution >= 0.6 is 0 Å². The summed E-state index contributed by atoms with van der Waals surface area (Å²) >= 11 is 0. The minimum Gasteiger partial charge on any atom is -0.309 e. The molecule has 4 rings (SSSR count). The summed E-state index contributed by atoms with van der Waals surface area (Å²) in [6.45, 7) is 36.1. The van der Waals surface area contributed by atoms with E-state index in [4.69, 9.17) is 10.4 Å². The van der Waals surface area contributed by atoms with Crippen molar-refractivity contribution < 1.29 is 0 Å². The predicted octanol–water partition coefficient (Wildman–Crippen LogP) is 2.91. The molecule has 0 spiro atoms. The molecule has 0 aliphatic carbocycles. The summed E-state index contributed by atoms with van der Waals surface area (Å²) in [5, 5.41) is 19.0. The Morgan fingerprint density at radius 1 is 0.857 bits per heavy atom. The third-order valence-corrected chi connectivity index (χ3v) is 7.06. The minimum absolute atomic E-state index is 0.817. The van der Waals surface area contributed by atoms with Crippen molar-refractivity contribution in [2.45, 2.75) is 20.8 Å². The average molecular weight is 455 g/mol. The molecule has 3 aromatic carbocycles. The van der Waals surface area contributed by atoms with Gasteiger partial charge in [0, 0.05) is 23.2 Å². The highest BCUT2D eigenvalue weighted by Crippen LogP contribution is 2.29. The summed E-state index contributed by atoms with van der Waals surface area (Å²) in [7, 11) is 0. The number of allylic oxidation sites excluding steroid dienone is 3. The molecule has 1 heterocycles. The van der Waals surface area contributed by atoms with Crippen LogP contribution in [0.25, 0.3) is 76.0 Å². The van der Waals surface area contributed by atoms with Crippen molar-refractivity contribution in [1.29, 1.82) is 5.41 Å². The summed E-state index contributed by atoms with van der Waals surface area (Å²) in [5.74, 6) is 0. The summed E-state index contributed by atoms with van der Waals surface area (Å²) in [4.78, 5) is 4.83. The van der Waals surface area contributed by atoms with Gasteiger partial charge in [-0.2, -0.15) is 0 Å². The first-order valence-electron chi connectivity index (χ1n) is 11.4. The van der Waals surface area contributed by atoms with Crippen LogP contribution in [0.4, 0.5) is 0 Å². The van der Waals surface area contributed by atoms with E-state index in [0.29, 0.717) is 0 Å². The van der Waals surface area contributed by atoms with E-state index in [9.17, 15) is 0 Å². The Morgan fingerprint density at radius 3 is 2.00 bits per heavy atom. The van der Waals surface area contributed by atoms with Gasteiger partial charge in [-0.1, -0.05) is 63.8 Å². The molecule has 0 bridgehead atoms. The van der Waals surface area contributed by atoms with E-state index in [0.717, 1.165) is 91.3 Å². The number of hydrogen-bond donors (Lipinski definition) is 1. The van der Waals surface area contributed by atoms with Gasteiger partial charge in [0.1, 0.15) is 0 Å². The van der Waals surface area contributed by atoms with E-state index in [1.165, 1.54) is 6.21 Å². The molecule has 1 N–H and O–H groups in total. The van der Waals surface area contributed by atoms with E-state index >= 15 is 0 Å². The van der Waals surface area contributed by atoms with Crippen LogP contribution in [0.2, 0.25) is 0 Å². The highest BCUT2D eigenvalue weighted by Gasteiger charge is 2.18. The number of hydrogen-bond acceptors (Lipinski definition) is 2. The molecule has 1 aromatic heterocycles. The Labute approximate surface area is 205 Å². The molecule has 0 saturated heterocycles. The molecule has 0 amide bonds. The number of nitrogens with one attached hydrogen (secondary N) is 1. The van der Waals surface area contributed by atoms with Gasteiger partial charge in [-0.15, -0.1) is 0 Å². The SMILES string of the molecule is C=C/C(C)=c1\c(=C)c(=C)c2c(c(C)c3nccc4/c(=C(\C=C)C(=C)C)c(=C)c(=C)c2c34)\c1=C/C=N. The molecule has 172 valence electrons. The number of pyridine rings is 1. The maximum absolute atomic E-state index is 7.90. The quantitative estimate of drug-likeness (QED) is 0.287. The van der Waals surface area contributed by atoms with Crippen LogP contribution in [-0.2, 0) is 0 Å². The molecular weight excluding hydrogens is 424 g/mol. The highest BCUT2D eigenvalue weighted by atomic mass is 14.7. The van der Waals surface area contributed by atoms with E-state index in [1.807, 2.05) is 44.3 Å². The average Bonchev–Trinajstić information content (AvgIpc) is 2.83. The summed E-state index contributed by atoms with van der Waals surface area (Å²) in [5.41, 5.74) is 4.75. The molecule has 0 aliphatic rings. The second-order valence-electron chi connectivity index (χ2n) is 9.03. The molecule has 0 aliphatic heterocycles. The number of nitrogens with zero attached hydrogens (tertiary/aromatic N) is 1. The van der Waals surface area contributed by atoms with Crippen molar-refractivity contribution in [3.05, 3.63) is 91.8 Å². The maximum Gasteiger partial charge on any atom is 0.0750 e. The van der Waals surface area contributed by atoms with Gasteiger partial charge in [0.2, 0.25) is 0 Å². The predicted molar refractivity (Wildman–Crippen MR) is 157 cm³/mol. The van der Waals surface area contributed by atoms with Crippen molar-refractivity contribution >= 4 is 82.2 Å².